The maximum atomic E-state index is 12.4. The van der Waals surface area contributed by atoms with Crippen LogP contribution < -0.4 is 0 Å². The summed E-state index contributed by atoms with van der Waals surface area (Å²) >= 11 is 0. The van der Waals surface area contributed by atoms with E-state index >= 15 is 0 Å². The van der Waals surface area contributed by atoms with Crippen LogP contribution in [0.5, 0.6) is 0 Å². The molecule has 0 aliphatic carbocycles. The van der Waals surface area contributed by atoms with Crippen molar-refractivity contribution in [1.29, 1.82) is 0 Å². The Morgan fingerprint density at radius 2 is 1.48 bits per heavy atom. The third kappa shape index (κ3) is 4.02. The van der Waals surface area contributed by atoms with Gasteiger partial charge in [0.05, 0.1) is 0 Å². The summed E-state index contributed by atoms with van der Waals surface area (Å²) < 4.78 is 0. The maximum Gasteiger partial charge on any atom is 0.295 e. The molecule has 0 N–H and O–H groups in total. The van der Waals surface area contributed by atoms with Gasteiger partial charge < -0.3 is 4.90 Å². The summed E-state index contributed by atoms with van der Waals surface area (Å²) in [4.78, 5) is 26.3. The summed E-state index contributed by atoms with van der Waals surface area (Å²) in [6.07, 6.45) is 0.820. The average molecular weight is 281 g/mol. The molecule has 0 unspecified atom stereocenters. The van der Waals surface area contributed by atoms with E-state index in [1.165, 1.54) is 0 Å². The molecule has 1 amide bonds. The summed E-state index contributed by atoms with van der Waals surface area (Å²) in [6, 6.07) is 18.4. The molecule has 0 radical (unpaired) electrons. The number of benzene rings is 2. The normalized spacial score (nSPS) is 10.1. The second-order valence-corrected chi connectivity index (χ2v) is 4.91. The van der Waals surface area contributed by atoms with E-state index in [0.717, 1.165) is 12.0 Å². The van der Waals surface area contributed by atoms with E-state index in [1.807, 2.05) is 43.3 Å². The van der Waals surface area contributed by atoms with Crippen LogP contribution in [0.25, 0.3) is 0 Å². The fourth-order valence-corrected chi connectivity index (χ4v) is 2.18. The van der Waals surface area contributed by atoms with Crippen LogP contribution in [0.15, 0.2) is 60.7 Å². The van der Waals surface area contributed by atoms with Crippen LogP contribution in [-0.4, -0.2) is 23.1 Å². The van der Waals surface area contributed by atoms with Gasteiger partial charge in [-0.1, -0.05) is 67.6 Å². The zero-order valence-corrected chi connectivity index (χ0v) is 12.2. The lowest BCUT2D eigenvalue weighted by Crippen LogP contribution is -2.36. The molecule has 0 heterocycles. The van der Waals surface area contributed by atoms with Crippen molar-refractivity contribution in [2.75, 3.05) is 6.54 Å². The number of ketones is 1. The molecule has 0 saturated heterocycles. The molecule has 0 aliphatic heterocycles. The Bertz CT molecular complexity index is 593. The topological polar surface area (TPSA) is 37.4 Å². The lowest BCUT2D eigenvalue weighted by Gasteiger charge is -2.21. The van der Waals surface area contributed by atoms with Crippen LogP contribution in [0, 0.1) is 0 Å². The maximum absolute atomic E-state index is 12.4. The van der Waals surface area contributed by atoms with Crippen LogP contribution >= 0.6 is 0 Å². The number of Topliss-reactive ketones (excluding diaryl/α,β-unsaturated/α-hetero) is 1. The van der Waals surface area contributed by atoms with Crippen LogP contribution in [0.4, 0.5) is 0 Å². The summed E-state index contributed by atoms with van der Waals surface area (Å²) in [6.45, 7) is 3.04. The lowest BCUT2D eigenvalue weighted by atomic mass is 10.1. The van der Waals surface area contributed by atoms with Gasteiger partial charge in [0.25, 0.3) is 5.91 Å². The number of hydrogen-bond acceptors (Lipinski definition) is 2. The van der Waals surface area contributed by atoms with Crippen LogP contribution in [0.1, 0.15) is 29.3 Å². The fourth-order valence-electron chi connectivity index (χ4n) is 2.18. The Hall–Kier alpha value is -2.42. The number of nitrogens with zero attached hydrogens (tertiary/aromatic N) is 1. The van der Waals surface area contributed by atoms with Crippen molar-refractivity contribution < 1.29 is 9.59 Å². The van der Waals surface area contributed by atoms with Crippen molar-refractivity contribution in [3.63, 3.8) is 0 Å². The van der Waals surface area contributed by atoms with Gasteiger partial charge in [0.2, 0.25) is 5.78 Å². The molecule has 2 aromatic rings. The van der Waals surface area contributed by atoms with Gasteiger partial charge in [-0.05, 0) is 12.0 Å². The second kappa shape index (κ2) is 7.39. The van der Waals surface area contributed by atoms with Gasteiger partial charge in [-0.3, -0.25) is 9.59 Å². The minimum Gasteiger partial charge on any atom is -0.331 e. The first kappa shape index (κ1) is 15.0. The molecule has 2 rings (SSSR count). The van der Waals surface area contributed by atoms with Crippen molar-refractivity contribution in [3.05, 3.63) is 71.8 Å². The molecule has 0 fully saturated rings. The first-order valence-electron chi connectivity index (χ1n) is 7.15. The van der Waals surface area contributed by atoms with Crippen LogP contribution in [0.3, 0.4) is 0 Å². The highest BCUT2D eigenvalue weighted by molar-refractivity contribution is 6.42. The van der Waals surface area contributed by atoms with Crippen molar-refractivity contribution in [2.45, 2.75) is 19.9 Å². The second-order valence-electron chi connectivity index (χ2n) is 4.91. The van der Waals surface area contributed by atoms with E-state index in [-0.39, 0.29) is 0 Å². The number of amides is 1. The van der Waals surface area contributed by atoms with Crippen molar-refractivity contribution >= 4 is 11.7 Å². The summed E-state index contributed by atoms with van der Waals surface area (Å²) in [5.74, 6) is -0.883. The van der Waals surface area contributed by atoms with E-state index in [4.69, 9.17) is 0 Å². The molecular formula is C18H19NO2. The molecule has 3 nitrogen and oxygen atoms in total. The molecule has 0 aromatic heterocycles. The van der Waals surface area contributed by atoms with Crippen LogP contribution in [-0.2, 0) is 11.3 Å². The number of carbonyl (C=O) groups excluding carboxylic acids is 2. The van der Waals surface area contributed by atoms with E-state index in [1.54, 1.807) is 29.2 Å². The van der Waals surface area contributed by atoms with E-state index in [9.17, 15) is 9.59 Å². The number of rotatable bonds is 6. The molecule has 0 atom stereocenters. The summed E-state index contributed by atoms with van der Waals surface area (Å²) in [5, 5.41) is 0. The van der Waals surface area contributed by atoms with Gasteiger partial charge in [-0.15, -0.1) is 0 Å². The SMILES string of the molecule is CCCN(Cc1ccccc1)C(=O)C(=O)c1ccccc1. The standard InChI is InChI=1S/C18H19NO2/c1-2-13-19(14-15-9-5-3-6-10-15)18(21)17(20)16-11-7-4-8-12-16/h3-12H,2,13-14H2,1H3. The zero-order valence-electron chi connectivity index (χ0n) is 12.2. The van der Waals surface area contributed by atoms with Crippen LogP contribution in [0.2, 0.25) is 0 Å². The molecular weight excluding hydrogens is 262 g/mol. The fraction of sp³-hybridized carbons (Fsp3) is 0.222. The van der Waals surface area contributed by atoms with E-state index in [0.29, 0.717) is 18.7 Å². The largest absolute Gasteiger partial charge is 0.331 e. The van der Waals surface area contributed by atoms with E-state index in [2.05, 4.69) is 0 Å². The third-order valence-electron chi connectivity index (χ3n) is 3.23. The molecule has 3 heteroatoms. The molecule has 0 saturated carbocycles. The highest BCUT2D eigenvalue weighted by Gasteiger charge is 2.22. The summed E-state index contributed by atoms with van der Waals surface area (Å²) in [5.41, 5.74) is 1.47. The first-order chi connectivity index (χ1) is 10.2. The molecule has 21 heavy (non-hydrogen) atoms. The van der Waals surface area contributed by atoms with Crippen molar-refractivity contribution in [2.24, 2.45) is 0 Å². The summed E-state index contributed by atoms with van der Waals surface area (Å²) in [7, 11) is 0. The van der Waals surface area contributed by atoms with Crippen molar-refractivity contribution in [1.82, 2.24) is 4.90 Å². The highest BCUT2D eigenvalue weighted by atomic mass is 16.2. The van der Waals surface area contributed by atoms with E-state index < -0.39 is 11.7 Å². The molecule has 0 spiro atoms. The van der Waals surface area contributed by atoms with Gasteiger partial charge in [-0.2, -0.15) is 0 Å². The molecule has 108 valence electrons. The Kier molecular flexibility index (Phi) is 5.27. The first-order valence-corrected chi connectivity index (χ1v) is 7.15. The minimum absolute atomic E-state index is 0.438. The Morgan fingerprint density at radius 3 is 2.05 bits per heavy atom. The average Bonchev–Trinajstić information content (AvgIpc) is 2.55. The number of carbonyl (C=O) groups is 2. The molecule has 0 aliphatic rings. The Balaban J connectivity index is 2.14. The van der Waals surface area contributed by atoms with Gasteiger partial charge >= 0.3 is 0 Å². The molecule has 0 bridgehead atoms. The van der Waals surface area contributed by atoms with Gasteiger partial charge in [0.15, 0.2) is 0 Å². The lowest BCUT2D eigenvalue weighted by molar-refractivity contribution is -0.127. The smallest absolute Gasteiger partial charge is 0.295 e. The monoisotopic (exact) mass is 281 g/mol. The van der Waals surface area contributed by atoms with Crippen molar-refractivity contribution in [3.8, 4) is 0 Å². The Morgan fingerprint density at radius 1 is 0.905 bits per heavy atom. The zero-order chi connectivity index (χ0) is 15.1. The minimum atomic E-state index is -0.444. The predicted molar refractivity (Wildman–Crippen MR) is 82.9 cm³/mol. The van der Waals surface area contributed by atoms with Gasteiger partial charge in [-0.25, -0.2) is 0 Å². The van der Waals surface area contributed by atoms with Gasteiger partial charge in [0, 0.05) is 18.7 Å². The Labute approximate surface area is 125 Å². The third-order valence-corrected chi connectivity index (χ3v) is 3.23. The molecule has 2 aromatic carbocycles. The quantitative estimate of drug-likeness (QED) is 0.602. The van der Waals surface area contributed by atoms with Gasteiger partial charge in [0.1, 0.15) is 0 Å². The number of hydrogen-bond donors (Lipinski definition) is 0. The highest BCUT2D eigenvalue weighted by Crippen LogP contribution is 2.09. The predicted octanol–water partition coefficient (Wildman–Crippen LogP) is 3.31.